The van der Waals surface area contributed by atoms with Crippen LogP contribution in [-0.2, 0) is 16.0 Å². The van der Waals surface area contributed by atoms with Gasteiger partial charge in [-0.15, -0.1) is 0 Å². The first-order valence-electron chi connectivity index (χ1n) is 7.99. The molecule has 3 nitrogen and oxygen atoms in total. The van der Waals surface area contributed by atoms with Gasteiger partial charge in [0.05, 0.1) is 4.47 Å². The van der Waals surface area contributed by atoms with E-state index < -0.39 is 0 Å². The molecule has 0 radical (unpaired) electrons. The molecule has 22 heavy (non-hydrogen) atoms. The highest BCUT2D eigenvalue weighted by Crippen LogP contribution is 2.59. The SMILES string of the molecule is C[C@]12CC[C@@H]3c4cc(Br)c(O)cc4CC(=O)[C@H]3[C@@H]1CCC2=O. The van der Waals surface area contributed by atoms with Crippen molar-refractivity contribution in [3.63, 3.8) is 0 Å². The van der Waals surface area contributed by atoms with Crippen LogP contribution in [0, 0.1) is 17.3 Å². The Labute approximate surface area is 138 Å². The molecule has 2 fully saturated rings. The van der Waals surface area contributed by atoms with Crippen LogP contribution in [0.1, 0.15) is 49.7 Å². The van der Waals surface area contributed by atoms with Gasteiger partial charge in [0.25, 0.3) is 0 Å². The van der Waals surface area contributed by atoms with Gasteiger partial charge < -0.3 is 5.11 Å². The minimum atomic E-state index is -0.289. The van der Waals surface area contributed by atoms with Crippen LogP contribution in [0.25, 0.3) is 0 Å². The molecule has 0 saturated heterocycles. The molecule has 0 spiro atoms. The average Bonchev–Trinajstić information content (AvgIpc) is 2.77. The molecule has 3 aliphatic carbocycles. The Morgan fingerprint density at radius 1 is 1.27 bits per heavy atom. The van der Waals surface area contributed by atoms with Crippen molar-refractivity contribution >= 4 is 27.5 Å². The molecule has 1 aromatic carbocycles. The average molecular weight is 363 g/mol. The van der Waals surface area contributed by atoms with Crippen LogP contribution in [0.15, 0.2) is 16.6 Å². The summed E-state index contributed by atoms with van der Waals surface area (Å²) in [5.41, 5.74) is 1.86. The topological polar surface area (TPSA) is 54.4 Å². The minimum Gasteiger partial charge on any atom is -0.507 e. The van der Waals surface area contributed by atoms with Crippen LogP contribution < -0.4 is 0 Å². The lowest BCUT2D eigenvalue weighted by molar-refractivity contribution is -0.134. The first-order valence-corrected chi connectivity index (χ1v) is 8.78. The van der Waals surface area contributed by atoms with Gasteiger partial charge in [-0.2, -0.15) is 0 Å². The zero-order valence-corrected chi connectivity index (χ0v) is 14.1. The maximum Gasteiger partial charge on any atom is 0.141 e. The van der Waals surface area contributed by atoms with Gasteiger partial charge in [-0.3, -0.25) is 9.59 Å². The van der Waals surface area contributed by atoms with Crippen molar-refractivity contribution in [3.05, 3.63) is 27.7 Å². The number of Topliss-reactive ketones (excluding diaryl/α,β-unsaturated/α-hetero) is 2. The molecule has 0 amide bonds. The quantitative estimate of drug-likeness (QED) is 0.764. The third kappa shape index (κ3) is 1.79. The zero-order valence-electron chi connectivity index (χ0n) is 12.6. The lowest BCUT2D eigenvalue weighted by Gasteiger charge is -2.47. The Hall–Kier alpha value is -1.16. The van der Waals surface area contributed by atoms with Gasteiger partial charge in [0.1, 0.15) is 17.3 Å². The van der Waals surface area contributed by atoms with Crippen molar-refractivity contribution in [1.29, 1.82) is 0 Å². The van der Waals surface area contributed by atoms with Crippen LogP contribution in [-0.4, -0.2) is 16.7 Å². The standard InChI is InChI=1S/C18H19BrO3/c1-18-5-4-10-11-8-13(19)14(20)6-9(11)7-15(21)17(10)12(18)2-3-16(18)22/h6,8,10,12,17,20H,2-5,7H2,1H3/t10-,12+,17-,18+/m1/s1. The number of phenolic OH excluding ortho intramolecular Hbond substituents is 1. The molecule has 0 heterocycles. The largest absolute Gasteiger partial charge is 0.507 e. The maximum absolute atomic E-state index is 12.8. The van der Waals surface area contributed by atoms with E-state index >= 15 is 0 Å². The van der Waals surface area contributed by atoms with Crippen molar-refractivity contribution < 1.29 is 14.7 Å². The molecule has 4 atom stereocenters. The summed E-state index contributed by atoms with van der Waals surface area (Å²) < 4.78 is 0.690. The Morgan fingerprint density at radius 3 is 2.82 bits per heavy atom. The Balaban J connectivity index is 1.81. The van der Waals surface area contributed by atoms with E-state index in [1.165, 1.54) is 5.56 Å². The molecule has 3 aliphatic rings. The second-order valence-electron chi connectivity index (χ2n) is 7.30. The molecule has 0 unspecified atom stereocenters. The number of ketones is 2. The highest BCUT2D eigenvalue weighted by atomic mass is 79.9. The summed E-state index contributed by atoms with van der Waals surface area (Å²) in [7, 11) is 0. The van der Waals surface area contributed by atoms with Crippen molar-refractivity contribution in [1.82, 2.24) is 0 Å². The number of carbonyl (C=O) groups is 2. The summed E-state index contributed by atoms with van der Waals surface area (Å²) in [6.45, 7) is 2.07. The fraction of sp³-hybridized carbons (Fsp3) is 0.556. The van der Waals surface area contributed by atoms with E-state index in [1.807, 2.05) is 6.07 Å². The molecule has 2 saturated carbocycles. The summed E-state index contributed by atoms with van der Waals surface area (Å²) in [4.78, 5) is 25.1. The molecule has 1 N–H and O–H groups in total. The lowest BCUT2D eigenvalue weighted by atomic mass is 9.55. The number of benzene rings is 1. The van der Waals surface area contributed by atoms with Gasteiger partial charge in [-0.1, -0.05) is 6.92 Å². The Kier molecular flexibility index (Phi) is 3.06. The van der Waals surface area contributed by atoms with Gasteiger partial charge in [0.2, 0.25) is 0 Å². The van der Waals surface area contributed by atoms with Crippen LogP contribution in [0.3, 0.4) is 0 Å². The minimum absolute atomic E-state index is 0.0193. The zero-order chi connectivity index (χ0) is 15.6. The third-order valence-corrected chi connectivity index (χ3v) is 6.96. The van der Waals surface area contributed by atoms with Crippen LogP contribution in [0.5, 0.6) is 5.75 Å². The first-order chi connectivity index (χ1) is 10.4. The second-order valence-corrected chi connectivity index (χ2v) is 8.16. The first kappa shape index (κ1) is 14.4. The van der Waals surface area contributed by atoms with Crippen LogP contribution >= 0.6 is 15.9 Å². The number of rotatable bonds is 0. The highest BCUT2D eigenvalue weighted by molar-refractivity contribution is 9.10. The summed E-state index contributed by atoms with van der Waals surface area (Å²) in [5, 5.41) is 9.88. The van der Waals surface area contributed by atoms with E-state index in [0.717, 1.165) is 24.8 Å². The third-order valence-electron chi connectivity index (χ3n) is 6.32. The number of fused-ring (bicyclic) bond motifs is 5. The summed E-state index contributed by atoms with van der Waals surface area (Å²) >= 11 is 3.39. The number of hydrogen-bond donors (Lipinski definition) is 1. The van der Waals surface area contributed by atoms with E-state index in [-0.39, 0.29) is 34.7 Å². The van der Waals surface area contributed by atoms with Crippen LogP contribution in [0.2, 0.25) is 0 Å². The summed E-state index contributed by atoms with van der Waals surface area (Å²) in [6, 6.07) is 3.70. The van der Waals surface area contributed by atoms with Crippen molar-refractivity contribution in [3.8, 4) is 5.75 Å². The lowest BCUT2D eigenvalue weighted by Crippen LogP contribution is -2.46. The number of halogens is 1. The van der Waals surface area contributed by atoms with Crippen LogP contribution in [0.4, 0.5) is 0 Å². The van der Waals surface area contributed by atoms with Gasteiger partial charge >= 0.3 is 0 Å². The van der Waals surface area contributed by atoms with Crippen molar-refractivity contribution in [2.75, 3.05) is 0 Å². The van der Waals surface area contributed by atoms with Gasteiger partial charge in [-0.25, -0.2) is 0 Å². The highest BCUT2D eigenvalue weighted by Gasteiger charge is 2.56. The van der Waals surface area contributed by atoms with E-state index in [0.29, 0.717) is 23.1 Å². The molecule has 4 rings (SSSR count). The smallest absolute Gasteiger partial charge is 0.141 e. The van der Waals surface area contributed by atoms with E-state index in [1.54, 1.807) is 6.07 Å². The fourth-order valence-electron chi connectivity index (χ4n) is 5.14. The van der Waals surface area contributed by atoms with Gasteiger partial charge in [-0.05, 0) is 70.3 Å². The molecule has 116 valence electrons. The number of hydrogen-bond acceptors (Lipinski definition) is 3. The monoisotopic (exact) mass is 362 g/mol. The fourth-order valence-corrected chi connectivity index (χ4v) is 5.50. The van der Waals surface area contributed by atoms with E-state index in [9.17, 15) is 14.7 Å². The maximum atomic E-state index is 12.8. The molecular weight excluding hydrogens is 344 g/mol. The Morgan fingerprint density at radius 2 is 2.05 bits per heavy atom. The summed E-state index contributed by atoms with van der Waals surface area (Å²) in [5.74, 6) is 1.19. The molecule has 0 bridgehead atoms. The van der Waals surface area contributed by atoms with Gasteiger partial charge in [0, 0.05) is 24.2 Å². The second kappa shape index (κ2) is 4.67. The van der Waals surface area contributed by atoms with E-state index in [2.05, 4.69) is 22.9 Å². The number of aromatic hydroxyl groups is 1. The predicted molar refractivity (Wildman–Crippen MR) is 85.8 cm³/mol. The number of carbonyl (C=O) groups excluding carboxylic acids is 2. The molecule has 4 heteroatoms. The summed E-state index contributed by atoms with van der Waals surface area (Å²) in [6.07, 6.45) is 3.64. The predicted octanol–water partition coefficient (Wildman–Crippen LogP) is 3.76. The molecule has 0 aromatic heterocycles. The van der Waals surface area contributed by atoms with Gasteiger partial charge in [0.15, 0.2) is 0 Å². The molecule has 0 aliphatic heterocycles. The molecular formula is C18H19BrO3. The normalized spacial score (nSPS) is 36.7. The van der Waals surface area contributed by atoms with E-state index in [4.69, 9.17) is 0 Å². The number of phenols is 1. The Bertz CT molecular complexity index is 696. The van der Waals surface area contributed by atoms with Crippen molar-refractivity contribution in [2.24, 2.45) is 17.3 Å². The molecule has 1 aromatic rings. The van der Waals surface area contributed by atoms with Crippen molar-refractivity contribution in [2.45, 2.75) is 44.9 Å².